The van der Waals surface area contributed by atoms with E-state index in [0.29, 0.717) is 5.92 Å². The lowest BCUT2D eigenvalue weighted by Gasteiger charge is -2.30. The SMILES string of the molecule is c1ccc2c(c1)CCCN2Cc1noc(C2CC2)n1. The van der Waals surface area contributed by atoms with Gasteiger partial charge in [-0.25, -0.2) is 0 Å². The molecule has 0 radical (unpaired) electrons. The molecule has 0 amide bonds. The van der Waals surface area contributed by atoms with Gasteiger partial charge in [0.15, 0.2) is 5.82 Å². The fourth-order valence-corrected chi connectivity index (χ4v) is 2.77. The summed E-state index contributed by atoms with van der Waals surface area (Å²) >= 11 is 0. The van der Waals surface area contributed by atoms with Gasteiger partial charge in [-0.15, -0.1) is 0 Å². The first kappa shape index (κ1) is 11.0. The van der Waals surface area contributed by atoms with Gasteiger partial charge in [0.1, 0.15) is 0 Å². The molecule has 1 aromatic carbocycles. The summed E-state index contributed by atoms with van der Waals surface area (Å²) < 4.78 is 5.33. The molecule has 1 aliphatic heterocycles. The molecule has 1 fully saturated rings. The first-order valence-electron chi connectivity index (χ1n) is 7.05. The second-order valence-electron chi connectivity index (χ2n) is 5.48. The third-order valence-corrected chi connectivity index (χ3v) is 3.95. The Labute approximate surface area is 112 Å². The zero-order chi connectivity index (χ0) is 12.7. The van der Waals surface area contributed by atoms with Crippen LogP contribution in [0.2, 0.25) is 0 Å². The van der Waals surface area contributed by atoms with Crippen LogP contribution in [-0.4, -0.2) is 16.7 Å². The summed E-state index contributed by atoms with van der Waals surface area (Å²) in [6.45, 7) is 1.83. The zero-order valence-corrected chi connectivity index (χ0v) is 10.9. The smallest absolute Gasteiger partial charge is 0.229 e. The number of fused-ring (bicyclic) bond motifs is 1. The minimum Gasteiger partial charge on any atom is -0.364 e. The predicted octanol–water partition coefficient (Wildman–Crippen LogP) is 2.90. The van der Waals surface area contributed by atoms with Crippen LogP contribution in [0.25, 0.3) is 0 Å². The van der Waals surface area contributed by atoms with Gasteiger partial charge in [-0.1, -0.05) is 23.4 Å². The zero-order valence-electron chi connectivity index (χ0n) is 10.9. The first-order chi connectivity index (χ1) is 9.40. The molecule has 0 unspecified atom stereocenters. The quantitative estimate of drug-likeness (QED) is 0.845. The van der Waals surface area contributed by atoms with E-state index in [1.54, 1.807) is 0 Å². The van der Waals surface area contributed by atoms with Crippen LogP contribution in [0, 0.1) is 0 Å². The van der Waals surface area contributed by atoms with Gasteiger partial charge in [-0.2, -0.15) is 4.98 Å². The molecular formula is C15H17N3O. The molecule has 0 spiro atoms. The van der Waals surface area contributed by atoms with Crippen molar-refractivity contribution in [2.75, 3.05) is 11.4 Å². The number of benzene rings is 1. The molecule has 0 N–H and O–H groups in total. The second-order valence-corrected chi connectivity index (χ2v) is 5.48. The first-order valence-corrected chi connectivity index (χ1v) is 7.05. The van der Waals surface area contributed by atoms with Gasteiger partial charge in [0, 0.05) is 18.2 Å². The van der Waals surface area contributed by atoms with Crippen molar-refractivity contribution in [3.8, 4) is 0 Å². The van der Waals surface area contributed by atoms with E-state index in [0.717, 1.165) is 24.8 Å². The third kappa shape index (κ3) is 2.11. The molecule has 1 saturated carbocycles. The highest BCUT2D eigenvalue weighted by molar-refractivity contribution is 5.55. The number of anilines is 1. The Kier molecular flexibility index (Phi) is 2.53. The van der Waals surface area contributed by atoms with Crippen molar-refractivity contribution >= 4 is 5.69 Å². The molecular weight excluding hydrogens is 238 g/mol. The van der Waals surface area contributed by atoms with Crippen LogP contribution in [0.5, 0.6) is 0 Å². The molecule has 2 aromatic rings. The van der Waals surface area contributed by atoms with Crippen LogP contribution in [0.15, 0.2) is 28.8 Å². The van der Waals surface area contributed by atoms with E-state index in [4.69, 9.17) is 4.52 Å². The molecule has 4 rings (SSSR count). The van der Waals surface area contributed by atoms with Gasteiger partial charge in [0.25, 0.3) is 0 Å². The van der Waals surface area contributed by atoms with Crippen LogP contribution in [0.4, 0.5) is 5.69 Å². The maximum Gasteiger partial charge on any atom is 0.229 e. The molecule has 4 heteroatoms. The van der Waals surface area contributed by atoms with Crippen LogP contribution in [0.3, 0.4) is 0 Å². The minimum absolute atomic E-state index is 0.537. The lowest BCUT2D eigenvalue weighted by atomic mass is 10.0. The summed E-state index contributed by atoms with van der Waals surface area (Å²) in [6, 6.07) is 8.62. The summed E-state index contributed by atoms with van der Waals surface area (Å²) in [4.78, 5) is 6.88. The van der Waals surface area contributed by atoms with E-state index in [1.165, 1.54) is 36.9 Å². The van der Waals surface area contributed by atoms with Crippen molar-refractivity contribution in [3.05, 3.63) is 41.5 Å². The molecule has 19 heavy (non-hydrogen) atoms. The van der Waals surface area contributed by atoms with E-state index in [9.17, 15) is 0 Å². The number of rotatable bonds is 3. The highest BCUT2D eigenvalue weighted by Crippen LogP contribution is 2.39. The maximum atomic E-state index is 5.33. The van der Waals surface area contributed by atoms with Gasteiger partial charge < -0.3 is 9.42 Å². The Morgan fingerprint density at radius 1 is 1.26 bits per heavy atom. The summed E-state index contributed by atoms with van der Waals surface area (Å²) in [7, 11) is 0. The Morgan fingerprint density at radius 2 is 2.16 bits per heavy atom. The average Bonchev–Trinajstić information content (AvgIpc) is 3.20. The standard InChI is InChI=1S/C15H17N3O/c1-2-6-13-11(4-1)5-3-9-18(13)10-14-16-15(19-17-14)12-7-8-12/h1-2,4,6,12H,3,5,7-10H2. The van der Waals surface area contributed by atoms with Crippen LogP contribution >= 0.6 is 0 Å². The van der Waals surface area contributed by atoms with E-state index in [1.807, 2.05) is 0 Å². The maximum absolute atomic E-state index is 5.33. The Balaban J connectivity index is 1.56. The second kappa shape index (κ2) is 4.37. The molecule has 1 aromatic heterocycles. The van der Waals surface area contributed by atoms with Crippen LogP contribution in [-0.2, 0) is 13.0 Å². The molecule has 0 bridgehead atoms. The molecule has 2 heterocycles. The number of aryl methyl sites for hydroxylation is 1. The van der Waals surface area contributed by atoms with Gasteiger partial charge in [-0.05, 0) is 37.3 Å². The number of nitrogens with zero attached hydrogens (tertiary/aromatic N) is 3. The van der Waals surface area contributed by atoms with Gasteiger partial charge in [-0.3, -0.25) is 0 Å². The summed E-state index contributed by atoms with van der Waals surface area (Å²) in [5, 5.41) is 4.12. The van der Waals surface area contributed by atoms with Crippen molar-refractivity contribution in [1.29, 1.82) is 0 Å². The number of hydrogen-bond acceptors (Lipinski definition) is 4. The van der Waals surface area contributed by atoms with Gasteiger partial charge in [0.2, 0.25) is 5.89 Å². The number of aromatic nitrogens is 2. The average molecular weight is 255 g/mol. The highest BCUT2D eigenvalue weighted by Gasteiger charge is 2.30. The lowest BCUT2D eigenvalue weighted by Crippen LogP contribution is -2.29. The fourth-order valence-electron chi connectivity index (χ4n) is 2.77. The van der Waals surface area contributed by atoms with Crippen LogP contribution in [0.1, 0.15) is 42.5 Å². The summed E-state index contributed by atoms with van der Waals surface area (Å²) in [5.41, 5.74) is 2.76. The summed E-state index contributed by atoms with van der Waals surface area (Å²) in [5.74, 6) is 2.19. The number of para-hydroxylation sites is 1. The van der Waals surface area contributed by atoms with Crippen molar-refractivity contribution < 1.29 is 4.52 Å². The van der Waals surface area contributed by atoms with E-state index in [-0.39, 0.29) is 0 Å². The Bertz CT molecular complexity index is 589. The van der Waals surface area contributed by atoms with Gasteiger partial charge >= 0.3 is 0 Å². The third-order valence-electron chi connectivity index (χ3n) is 3.95. The van der Waals surface area contributed by atoms with Crippen molar-refractivity contribution in [2.45, 2.75) is 38.1 Å². The fraction of sp³-hybridized carbons (Fsp3) is 0.467. The monoisotopic (exact) mass is 255 g/mol. The number of hydrogen-bond donors (Lipinski definition) is 0. The van der Waals surface area contributed by atoms with E-state index in [2.05, 4.69) is 39.3 Å². The van der Waals surface area contributed by atoms with E-state index < -0.39 is 0 Å². The normalized spacial score (nSPS) is 18.4. The van der Waals surface area contributed by atoms with Crippen molar-refractivity contribution in [3.63, 3.8) is 0 Å². The highest BCUT2D eigenvalue weighted by atomic mass is 16.5. The predicted molar refractivity (Wildman–Crippen MR) is 72.1 cm³/mol. The van der Waals surface area contributed by atoms with Crippen LogP contribution < -0.4 is 4.90 Å². The molecule has 0 atom stereocenters. The largest absolute Gasteiger partial charge is 0.364 e. The van der Waals surface area contributed by atoms with Gasteiger partial charge in [0.05, 0.1) is 6.54 Å². The molecule has 0 saturated heterocycles. The Morgan fingerprint density at radius 3 is 3.05 bits per heavy atom. The lowest BCUT2D eigenvalue weighted by molar-refractivity contribution is 0.373. The Hall–Kier alpha value is -1.84. The molecule has 1 aliphatic carbocycles. The summed E-state index contributed by atoms with van der Waals surface area (Å²) in [6.07, 6.45) is 4.78. The minimum atomic E-state index is 0.537. The topological polar surface area (TPSA) is 42.2 Å². The van der Waals surface area contributed by atoms with Crippen molar-refractivity contribution in [1.82, 2.24) is 10.1 Å². The molecule has 2 aliphatic rings. The molecule has 98 valence electrons. The molecule has 4 nitrogen and oxygen atoms in total. The van der Waals surface area contributed by atoms with Crippen molar-refractivity contribution in [2.24, 2.45) is 0 Å². The van der Waals surface area contributed by atoms with E-state index >= 15 is 0 Å².